The van der Waals surface area contributed by atoms with Crippen LogP contribution in [0.3, 0.4) is 0 Å². The van der Waals surface area contributed by atoms with Crippen molar-refractivity contribution >= 4 is 0 Å². The number of piperidine rings is 1. The summed E-state index contributed by atoms with van der Waals surface area (Å²) in [6, 6.07) is 16.3. The summed E-state index contributed by atoms with van der Waals surface area (Å²) in [6.45, 7) is 2.02. The number of halogens is 1. The van der Waals surface area contributed by atoms with Gasteiger partial charge in [-0.15, -0.1) is 0 Å². The van der Waals surface area contributed by atoms with E-state index in [4.69, 9.17) is 0 Å². The minimum atomic E-state index is -0.574. The van der Waals surface area contributed by atoms with Gasteiger partial charge in [-0.05, 0) is 23.3 Å². The number of aliphatic hydroxyl groups excluding tert-OH is 2. The summed E-state index contributed by atoms with van der Waals surface area (Å²) in [5, 5.41) is 20.4. The first-order valence-electron chi connectivity index (χ1n) is 7.98. The average Bonchev–Trinajstić information content (AvgIpc) is 2.56. The Kier molecular flexibility index (Phi) is 5.06. The maximum absolute atomic E-state index is 13.1. The molecule has 0 spiro atoms. The second kappa shape index (κ2) is 7.21. The molecule has 1 saturated heterocycles. The molecule has 2 N–H and O–H groups in total. The lowest BCUT2D eigenvalue weighted by atomic mass is 9.79. The summed E-state index contributed by atoms with van der Waals surface area (Å²) in [5.74, 6) is -0.508. The van der Waals surface area contributed by atoms with Crippen LogP contribution in [0.2, 0.25) is 0 Å². The molecule has 2 aromatic carbocycles. The van der Waals surface area contributed by atoms with Crippen molar-refractivity contribution in [1.82, 2.24) is 4.90 Å². The van der Waals surface area contributed by atoms with Crippen LogP contribution in [0.1, 0.15) is 17.0 Å². The minimum absolute atomic E-state index is 0.00436. The molecule has 1 heterocycles. The lowest BCUT2D eigenvalue weighted by Crippen LogP contribution is -2.48. The lowest BCUT2D eigenvalue weighted by Gasteiger charge is -2.41. The molecule has 0 bridgehead atoms. The molecule has 23 heavy (non-hydrogen) atoms. The van der Waals surface area contributed by atoms with Gasteiger partial charge in [0, 0.05) is 38.1 Å². The van der Waals surface area contributed by atoms with E-state index in [1.807, 2.05) is 18.2 Å². The van der Waals surface area contributed by atoms with Crippen molar-refractivity contribution < 1.29 is 14.6 Å². The van der Waals surface area contributed by atoms with Crippen molar-refractivity contribution in [2.45, 2.75) is 18.6 Å². The molecule has 0 unspecified atom stereocenters. The topological polar surface area (TPSA) is 43.7 Å². The summed E-state index contributed by atoms with van der Waals surface area (Å²) >= 11 is 0. The second-order valence-electron chi connectivity index (χ2n) is 6.27. The fourth-order valence-electron chi connectivity index (χ4n) is 3.53. The van der Waals surface area contributed by atoms with Crippen molar-refractivity contribution in [3.8, 4) is 0 Å². The van der Waals surface area contributed by atoms with Crippen LogP contribution >= 0.6 is 0 Å². The molecular weight excluding hydrogens is 293 g/mol. The largest absolute Gasteiger partial charge is 0.396 e. The molecule has 4 heteroatoms. The zero-order valence-electron chi connectivity index (χ0n) is 13.0. The van der Waals surface area contributed by atoms with Crippen LogP contribution in [0.5, 0.6) is 0 Å². The van der Waals surface area contributed by atoms with E-state index in [-0.39, 0.29) is 24.3 Å². The lowest BCUT2D eigenvalue weighted by molar-refractivity contribution is -0.00341. The predicted molar refractivity (Wildman–Crippen MR) is 87.4 cm³/mol. The van der Waals surface area contributed by atoms with Gasteiger partial charge in [-0.25, -0.2) is 4.39 Å². The summed E-state index contributed by atoms with van der Waals surface area (Å²) in [5.41, 5.74) is 2.08. The smallest absolute Gasteiger partial charge is 0.123 e. The Bertz CT molecular complexity index is 617. The normalized spacial score (nSPS) is 25.4. The molecule has 1 fully saturated rings. The summed E-state index contributed by atoms with van der Waals surface area (Å²) in [4.78, 5) is 2.17. The van der Waals surface area contributed by atoms with E-state index in [9.17, 15) is 14.6 Å². The van der Waals surface area contributed by atoms with Crippen LogP contribution in [0.15, 0.2) is 54.6 Å². The van der Waals surface area contributed by atoms with Gasteiger partial charge in [-0.2, -0.15) is 0 Å². The molecule has 3 rings (SSSR count). The van der Waals surface area contributed by atoms with E-state index >= 15 is 0 Å². The molecule has 1 aliphatic rings. The highest BCUT2D eigenvalue weighted by Crippen LogP contribution is 2.33. The molecule has 0 aromatic heterocycles. The molecule has 3 nitrogen and oxygen atoms in total. The van der Waals surface area contributed by atoms with Gasteiger partial charge in [0.2, 0.25) is 0 Å². The van der Waals surface area contributed by atoms with Gasteiger partial charge in [-0.1, -0.05) is 42.5 Å². The standard InChI is InChI=1S/C19H22FNO2/c20-17-8-6-15(7-9-17)19-16(13-22)11-21(12-18(19)23)10-14-4-2-1-3-5-14/h1-9,16,18-19,22-23H,10-13H2/t16-,18+,19-/m0/s1. The van der Waals surface area contributed by atoms with E-state index in [0.717, 1.165) is 12.1 Å². The van der Waals surface area contributed by atoms with Gasteiger partial charge in [0.15, 0.2) is 0 Å². The minimum Gasteiger partial charge on any atom is -0.396 e. The number of likely N-dealkylation sites (tertiary alicyclic amines) is 1. The first-order chi connectivity index (χ1) is 11.2. The fraction of sp³-hybridized carbons (Fsp3) is 0.368. The zero-order valence-corrected chi connectivity index (χ0v) is 13.0. The van der Waals surface area contributed by atoms with Gasteiger partial charge in [0.1, 0.15) is 5.82 Å². The SMILES string of the molecule is OC[C@@H]1CN(Cc2ccccc2)C[C@@H](O)[C@H]1c1ccc(F)cc1. The quantitative estimate of drug-likeness (QED) is 0.910. The van der Waals surface area contributed by atoms with Gasteiger partial charge >= 0.3 is 0 Å². The summed E-state index contributed by atoms with van der Waals surface area (Å²) < 4.78 is 13.1. The maximum Gasteiger partial charge on any atom is 0.123 e. The van der Waals surface area contributed by atoms with E-state index in [1.54, 1.807) is 12.1 Å². The Morgan fingerprint density at radius 3 is 2.35 bits per heavy atom. The third kappa shape index (κ3) is 3.78. The number of hydrogen-bond donors (Lipinski definition) is 2. The third-order valence-electron chi connectivity index (χ3n) is 4.60. The van der Waals surface area contributed by atoms with Crippen molar-refractivity contribution in [2.24, 2.45) is 5.92 Å². The molecule has 0 amide bonds. The highest BCUT2D eigenvalue weighted by atomic mass is 19.1. The number of β-amino-alcohol motifs (C(OH)–C–C–N with tert-alkyl or cyclic N) is 1. The highest BCUT2D eigenvalue weighted by Gasteiger charge is 2.36. The van der Waals surface area contributed by atoms with Crippen LogP contribution in [0.4, 0.5) is 4.39 Å². The Hall–Kier alpha value is -1.75. The third-order valence-corrected chi connectivity index (χ3v) is 4.60. The van der Waals surface area contributed by atoms with Gasteiger partial charge in [0.05, 0.1) is 6.10 Å². The Morgan fingerprint density at radius 2 is 1.70 bits per heavy atom. The van der Waals surface area contributed by atoms with Crippen LogP contribution < -0.4 is 0 Å². The highest BCUT2D eigenvalue weighted by molar-refractivity contribution is 5.24. The molecule has 3 atom stereocenters. The van der Waals surface area contributed by atoms with Gasteiger partial charge < -0.3 is 10.2 Å². The molecule has 1 aliphatic heterocycles. The Labute approximate surface area is 136 Å². The first kappa shape index (κ1) is 16.1. The summed E-state index contributed by atoms with van der Waals surface area (Å²) in [6.07, 6.45) is -0.574. The van der Waals surface area contributed by atoms with Crippen molar-refractivity contribution in [3.63, 3.8) is 0 Å². The molecule has 0 radical (unpaired) electrons. The van der Waals surface area contributed by atoms with Crippen molar-refractivity contribution in [2.75, 3.05) is 19.7 Å². The van der Waals surface area contributed by atoms with Gasteiger partial charge in [-0.3, -0.25) is 4.90 Å². The van der Waals surface area contributed by atoms with E-state index in [2.05, 4.69) is 17.0 Å². The van der Waals surface area contributed by atoms with Crippen LogP contribution in [0.25, 0.3) is 0 Å². The van der Waals surface area contributed by atoms with Crippen molar-refractivity contribution in [3.05, 3.63) is 71.5 Å². The summed E-state index contributed by atoms with van der Waals surface area (Å²) in [7, 11) is 0. The number of rotatable bonds is 4. The number of hydrogen-bond acceptors (Lipinski definition) is 3. The van der Waals surface area contributed by atoms with Crippen LogP contribution in [0, 0.1) is 11.7 Å². The Morgan fingerprint density at radius 1 is 1.00 bits per heavy atom. The molecular formula is C19H22FNO2. The van der Waals surface area contributed by atoms with Crippen LogP contribution in [-0.4, -0.2) is 40.9 Å². The van der Waals surface area contributed by atoms with E-state index in [0.29, 0.717) is 13.1 Å². The number of benzene rings is 2. The predicted octanol–water partition coefficient (Wildman–Crippen LogP) is 2.39. The fourth-order valence-corrected chi connectivity index (χ4v) is 3.53. The number of nitrogens with zero attached hydrogens (tertiary/aromatic N) is 1. The molecule has 0 aliphatic carbocycles. The zero-order chi connectivity index (χ0) is 16.2. The maximum atomic E-state index is 13.1. The van der Waals surface area contributed by atoms with Crippen molar-refractivity contribution in [1.29, 1.82) is 0 Å². The number of aliphatic hydroxyl groups is 2. The van der Waals surface area contributed by atoms with Crippen LogP contribution in [-0.2, 0) is 6.54 Å². The molecule has 0 saturated carbocycles. The second-order valence-corrected chi connectivity index (χ2v) is 6.27. The first-order valence-corrected chi connectivity index (χ1v) is 7.98. The van der Waals surface area contributed by atoms with Gasteiger partial charge in [0.25, 0.3) is 0 Å². The Balaban J connectivity index is 1.74. The van der Waals surface area contributed by atoms with E-state index in [1.165, 1.54) is 17.7 Å². The average molecular weight is 315 g/mol. The molecule has 122 valence electrons. The molecule has 2 aromatic rings. The monoisotopic (exact) mass is 315 g/mol. The van der Waals surface area contributed by atoms with E-state index < -0.39 is 6.10 Å².